The van der Waals surface area contributed by atoms with Gasteiger partial charge in [0.15, 0.2) is 0 Å². The summed E-state index contributed by atoms with van der Waals surface area (Å²) in [5.41, 5.74) is -2.05. The standard InChI is InChI=1S/C12H19NO5/c1-11(2,3)18-10(16)12(4)7(9(15)17-5)6-8(14)13-12/h7H,6H2,1-5H3,(H,13,14)/t7?,12-/m0/s1. The number of hydrogen-bond acceptors (Lipinski definition) is 5. The molecule has 1 heterocycles. The first-order valence-electron chi connectivity index (χ1n) is 5.72. The molecule has 1 fully saturated rings. The van der Waals surface area contributed by atoms with Crippen LogP contribution in [-0.2, 0) is 23.9 Å². The van der Waals surface area contributed by atoms with Gasteiger partial charge in [-0.15, -0.1) is 0 Å². The van der Waals surface area contributed by atoms with Crippen LogP contribution in [0.3, 0.4) is 0 Å². The molecule has 0 aromatic rings. The Balaban J connectivity index is 2.97. The Morgan fingerprint density at radius 3 is 2.39 bits per heavy atom. The second-order valence-corrected chi connectivity index (χ2v) is 5.53. The molecule has 0 saturated carbocycles. The zero-order valence-corrected chi connectivity index (χ0v) is 11.3. The zero-order chi connectivity index (χ0) is 14.1. The number of amides is 1. The Hall–Kier alpha value is -1.59. The highest BCUT2D eigenvalue weighted by molar-refractivity contribution is 5.98. The van der Waals surface area contributed by atoms with Crippen molar-refractivity contribution < 1.29 is 23.9 Å². The summed E-state index contributed by atoms with van der Waals surface area (Å²) in [7, 11) is 1.22. The van der Waals surface area contributed by atoms with Crippen LogP contribution in [0.15, 0.2) is 0 Å². The Morgan fingerprint density at radius 2 is 1.94 bits per heavy atom. The quantitative estimate of drug-likeness (QED) is 0.724. The SMILES string of the molecule is COC(=O)C1CC(=O)N[C@]1(C)C(=O)OC(C)(C)C. The molecule has 6 heteroatoms. The van der Waals surface area contributed by atoms with Gasteiger partial charge in [0.1, 0.15) is 11.1 Å². The Labute approximate surface area is 106 Å². The van der Waals surface area contributed by atoms with Gasteiger partial charge in [-0.1, -0.05) is 0 Å². The predicted octanol–water partition coefficient (Wildman–Crippen LogP) is 0.396. The highest BCUT2D eigenvalue weighted by Crippen LogP contribution is 2.31. The Bertz CT molecular complexity index is 384. The van der Waals surface area contributed by atoms with Crippen LogP contribution in [0.5, 0.6) is 0 Å². The average Bonchev–Trinajstić information content (AvgIpc) is 2.52. The van der Waals surface area contributed by atoms with Crippen molar-refractivity contribution in [1.29, 1.82) is 0 Å². The van der Waals surface area contributed by atoms with Crippen molar-refractivity contribution in [2.45, 2.75) is 45.3 Å². The van der Waals surface area contributed by atoms with E-state index in [0.29, 0.717) is 0 Å². The Kier molecular flexibility index (Phi) is 3.69. The second-order valence-electron chi connectivity index (χ2n) is 5.53. The lowest BCUT2D eigenvalue weighted by molar-refractivity contribution is -0.168. The van der Waals surface area contributed by atoms with Crippen LogP contribution >= 0.6 is 0 Å². The number of ether oxygens (including phenoxy) is 2. The van der Waals surface area contributed by atoms with E-state index in [1.54, 1.807) is 20.8 Å². The average molecular weight is 257 g/mol. The summed E-state index contributed by atoms with van der Waals surface area (Å²) in [6.45, 7) is 6.64. The monoisotopic (exact) mass is 257 g/mol. The Morgan fingerprint density at radius 1 is 1.39 bits per heavy atom. The molecule has 1 aliphatic rings. The fraction of sp³-hybridized carbons (Fsp3) is 0.750. The smallest absolute Gasteiger partial charge is 0.333 e. The third-order valence-electron chi connectivity index (χ3n) is 2.79. The summed E-state index contributed by atoms with van der Waals surface area (Å²) in [5, 5.41) is 2.50. The van der Waals surface area contributed by atoms with Crippen LogP contribution in [0, 0.1) is 5.92 Å². The maximum atomic E-state index is 12.1. The third kappa shape index (κ3) is 2.80. The maximum Gasteiger partial charge on any atom is 0.333 e. The number of methoxy groups -OCH3 is 1. The summed E-state index contributed by atoms with van der Waals surface area (Å²) in [4.78, 5) is 35.2. The predicted molar refractivity (Wildman–Crippen MR) is 62.5 cm³/mol. The minimum atomic E-state index is -1.36. The molecular weight excluding hydrogens is 238 g/mol. The van der Waals surface area contributed by atoms with Crippen LogP contribution in [0.4, 0.5) is 0 Å². The van der Waals surface area contributed by atoms with Gasteiger partial charge in [0.05, 0.1) is 13.0 Å². The highest BCUT2D eigenvalue weighted by atomic mass is 16.6. The van der Waals surface area contributed by atoms with Gasteiger partial charge in [0.25, 0.3) is 0 Å². The van der Waals surface area contributed by atoms with Gasteiger partial charge in [-0.25, -0.2) is 4.79 Å². The van der Waals surface area contributed by atoms with E-state index in [1.807, 2.05) is 0 Å². The maximum absolute atomic E-state index is 12.1. The van der Waals surface area contributed by atoms with Crippen molar-refractivity contribution in [3.05, 3.63) is 0 Å². The van der Waals surface area contributed by atoms with Gasteiger partial charge < -0.3 is 14.8 Å². The molecule has 1 unspecified atom stereocenters. The van der Waals surface area contributed by atoms with E-state index in [0.717, 1.165) is 0 Å². The van der Waals surface area contributed by atoms with E-state index >= 15 is 0 Å². The van der Waals surface area contributed by atoms with E-state index in [-0.39, 0.29) is 12.3 Å². The van der Waals surface area contributed by atoms with E-state index in [9.17, 15) is 14.4 Å². The van der Waals surface area contributed by atoms with Crippen LogP contribution in [-0.4, -0.2) is 36.1 Å². The minimum Gasteiger partial charge on any atom is -0.469 e. The summed E-state index contributed by atoms with van der Waals surface area (Å²) in [6.07, 6.45) is -0.0670. The van der Waals surface area contributed by atoms with Crippen LogP contribution in [0.1, 0.15) is 34.1 Å². The molecule has 0 bridgehead atoms. The fourth-order valence-corrected chi connectivity index (χ4v) is 1.86. The van der Waals surface area contributed by atoms with Gasteiger partial charge in [0.2, 0.25) is 5.91 Å². The van der Waals surface area contributed by atoms with E-state index in [2.05, 4.69) is 10.1 Å². The summed E-state index contributed by atoms with van der Waals surface area (Å²) in [5.74, 6) is -2.44. The number of esters is 2. The number of hydrogen-bond donors (Lipinski definition) is 1. The molecule has 1 N–H and O–H groups in total. The van der Waals surface area contributed by atoms with E-state index < -0.39 is 29.0 Å². The molecule has 1 saturated heterocycles. The van der Waals surface area contributed by atoms with Gasteiger partial charge in [-0.05, 0) is 27.7 Å². The summed E-state index contributed by atoms with van der Waals surface area (Å²) < 4.78 is 9.86. The number of rotatable bonds is 2. The molecule has 1 rings (SSSR count). The lowest BCUT2D eigenvalue weighted by Gasteiger charge is -2.31. The van der Waals surface area contributed by atoms with Crippen molar-refractivity contribution >= 4 is 17.8 Å². The topological polar surface area (TPSA) is 81.7 Å². The van der Waals surface area contributed by atoms with Crippen molar-refractivity contribution in [3.63, 3.8) is 0 Å². The van der Waals surface area contributed by atoms with Gasteiger partial charge >= 0.3 is 11.9 Å². The lowest BCUT2D eigenvalue weighted by atomic mass is 9.87. The fourth-order valence-electron chi connectivity index (χ4n) is 1.86. The zero-order valence-electron chi connectivity index (χ0n) is 11.3. The van der Waals surface area contributed by atoms with E-state index in [4.69, 9.17) is 4.74 Å². The number of carbonyl (C=O) groups excluding carboxylic acids is 3. The van der Waals surface area contributed by atoms with Crippen molar-refractivity contribution in [3.8, 4) is 0 Å². The highest BCUT2D eigenvalue weighted by Gasteiger charge is 2.54. The molecular formula is C12H19NO5. The lowest BCUT2D eigenvalue weighted by Crippen LogP contribution is -2.54. The van der Waals surface area contributed by atoms with Gasteiger partial charge in [-0.3, -0.25) is 9.59 Å². The molecule has 102 valence electrons. The van der Waals surface area contributed by atoms with E-state index in [1.165, 1.54) is 14.0 Å². The van der Waals surface area contributed by atoms with Crippen molar-refractivity contribution in [1.82, 2.24) is 5.32 Å². The first-order valence-corrected chi connectivity index (χ1v) is 5.72. The normalized spacial score (nSPS) is 27.6. The molecule has 0 radical (unpaired) electrons. The molecule has 1 amide bonds. The molecule has 0 spiro atoms. The summed E-state index contributed by atoms with van der Waals surface area (Å²) >= 11 is 0. The van der Waals surface area contributed by atoms with Crippen LogP contribution in [0.25, 0.3) is 0 Å². The molecule has 18 heavy (non-hydrogen) atoms. The van der Waals surface area contributed by atoms with Crippen molar-refractivity contribution in [2.75, 3.05) is 7.11 Å². The molecule has 0 aromatic heterocycles. The largest absolute Gasteiger partial charge is 0.469 e. The molecule has 0 aromatic carbocycles. The molecule has 1 aliphatic heterocycles. The number of carbonyl (C=O) groups is 3. The number of nitrogens with one attached hydrogen (secondary N) is 1. The molecule has 0 aliphatic carbocycles. The second kappa shape index (κ2) is 4.59. The molecule has 6 nitrogen and oxygen atoms in total. The minimum absolute atomic E-state index is 0.0670. The summed E-state index contributed by atoms with van der Waals surface area (Å²) in [6, 6.07) is 0. The van der Waals surface area contributed by atoms with Gasteiger partial charge in [0, 0.05) is 6.42 Å². The first-order chi connectivity index (χ1) is 8.10. The van der Waals surface area contributed by atoms with Crippen LogP contribution < -0.4 is 5.32 Å². The first kappa shape index (κ1) is 14.5. The van der Waals surface area contributed by atoms with Crippen LogP contribution in [0.2, 0.25) is 0 Å². The molecule has 2 atom stereocenters. The third-order valence-corrected chi connectivity index (χ3v) is 2.79. The van der Waals surface area contributed by atoms with Crippen molar-refractivity contribution in [2.24, 2.45) is 5.92 Å². The van der Waals surface area contributed by atoms with Gasteiger partial charge in [-0.2, -0.15) is 0 Å².